The summed E-state index contributed by atoms with van der Waals surface area (Å²) in [5.74, 6) is -1.49. The summed E-state index contributed by atoms with van der Waals surface area (Å²) < 4.78 is 22.2. The van der Waals surface area contributed by atoms with Crippen molar-refractivity contribution < 1.29 is 13.6 Å². The Hall–Kier alpha value is -0.870. The zero-order chi connectivity index (χ0) is 6.57. The van der Waals surface area contributed by atoms with Gasteiger partial charge in [0.2, 0.25) is 0 Å². The molecule has 0 saturated carbocycles. The van der Waals surface area contributed by atoms with Crippen LogP contribution >= 0.6 is 0 Å². The summed E-state index contributed by atoms with van der Waals surface area (Å²) >= 11 is 0. The quantitative estimate of drug-likeness (QED) is 0.475. The molecule has 0 aliphatic rings. The fourth-order valence-electron chi connectivity index (χ4n) is 0.142. The highest BCUT2D eigenvalue weighted by Crippen LogP contribution is 1.93. The summed E-state index contributed by atoms with van der Waals surface area (Å²) in [5.41, 5.74) is 0. The van der Waals surface area contributed by atoms with Gasteiger partial charge in [0, 0.05) is 7.05 Å². The number of amides is 1. The first kappa shape index (κ1) is 7.13. The number of azo groups is 1. The van der Waals surface area contributed by atoms with E-state index >= 15 is 0 Å². The molecule has 0 aromatic rings. The summed E-state index contributed by atoms with van der Waals surface area (Å²) in [5, 5.41) is 5.41. The summed E-state index contributed by atoms with van der Waals surface area (Å²) in [7, 11) is 1.15. The van der Waals surface area contributed by atoms with Crippen molar-refractivity contribution in [2.45, 2.75) is 6.43 Å². The molecule has 46 valence electrons. The Kier molecular flexibility index (Phi) is 2.83. The maximum absolute atomic E-state index is 11.1. The molecule has 0 N–H and O–H groups in total. The van der Waals surface area contributed by atoms with E-state index in [9.17, 15) is 13.6 Å². The molecular formula is C3H4F2N2O. The van der Waals surface area contributed by atoms with Crippen LogP contribution in [0.3, 0.4) is 0 Å². The SMILES string of the molecule is CN=NC(=O)C(F)F. The number of rotatable bonds is 1. The number of carbonyl (C=O) groups excluding carboxylic acids is 1. The van der Waals surface area contributed by atoms with Crippen LogP contribution in [0.25, 0.3) is 0 Å². The van der Waals surface area contributed by atoms with E-state index in [0.717, 1.165) is 7.05 Å². The fourth-order valence-corrected chi connectivity index (χ4v) is 0.142. The lowest BCUT2D eigenvalue weighted by Crippen LogP contribution is -2.04. The normalized spacial score (nSPS) is 11.0. The summed E-state index contributed by atoms with van der Waals surface area (Å²) in [4.78, 5) is 9.73. The molecule has 5 heteroatoms. The van der Waals surface area contributed by atoms with Gasteiger partial charge in [0.15, 0.2) is 0 Å². The van der Waals surface area contributed by atoms with E-state index in [-0.39, 0.29) is 0 Å². The largest absolute Gasteiger partial charge is 0.330 e. The van der Waals surface area contributed by atoms with Crippen LogP contribution in [-0.4, -0.2) is 19.4 Å². The number of hydrogen-bond donors (Lipinski definition) is 0. The molecule has 0 fully saturated rings. The molecule has 0 rings (SSSR count). The number of hydrogen-bond acceptors (Lipinski definition) is 2. The number of carbonyl (C=O) groups is 1. The van der Waals surface area contributed by atoms with Gasteiger partial charge in [-0.05, 0) is 0 Å². The topological polar surface area (TPSA) is 41.8 Å². The van der Waals surface area contributed by atoms with E-state index in [0.29, 0.717) is 0 Å². The average molecular weight is 122 g/mol. The van der Waals surface area contributed by atoms with Crippen molar-refractivity contribution in [2.24, 2.45) is 10.2 Å². The second-order valence-electron chi connectivity index (χ2n) is 0.939. The molecule has 0 radical (unpaired) electrons. The highest BCUT2D eigenvalue weighted by Gasteiger charge is 2.12. The van der Waals surface area contributed by atoms with Crippen molar-refractivity contribution in [3.8, 4) is 0 Å². The van der Waals surface area contributed by atoms with Gasteiger partial charge in [0.25, 0.3) is 0 Å². The minimum atomic E-state index is -3.03. The number of nitrogens with zero attached hydrogens (tertiary/aromatic N) is 2. The summed E-state index contributed by atoms with van der Waals surface area (Å²) in [6, 6.07) is 0. The van der Waals surface area contributed by atoms with E-state index in [4.69, 9.17) is 0 Å². The van der Waals surface area contributed by atoms with Crippen molar-refractivity contribution in [1.29, 1.82) is 0 Å². The molecule has 0 aromatic carbocycles. The van der Waals surface area contributed by atoms with Gasteiger partial charge in [-0.1, -0.05) is 0 Å². The number of alkyl halides is 2. The Balaban J connectivity index is 3.66. The van der Waals surface area contributed by atoms with Crippen LogP contribution in [0.5, 0.6) is 0 Å². The lowest BCUT2D eigenvalue weighted by atomic mass is 10.7. The Morgan fingerprint density at radius 2 is 2.12 bits per heavy atom. The minimum absolute atomic E-state index is 1.15. The zero-order valence-corrected chi connectivity index (χ0v) is 4.14. The van der Waals surface area contributed by atoms with E-state index in [1.807, 2.05) is 0 Å². The van der Waals surface area contributed by atoms with E-state index in [1.165, 1.54) is 0 Å². The Labute approximate surface area is 44.4 Å². The summed E-state index contributed by atoms with van der Waals surface area (Å²) in [6.45, 7) is 0. The minimum Gasteiger partial charge on any atom is -0.264 e. The molecule has 0 unspecified atom stereocenters. The van der Waals surface area contributed by atoms with Crippen molar-refractivity contribution in [2.75, 3.05) is 7.05 Å². The third-order valence-electron chi connectivity index (χ3n) is 0.385. The maximum Gasteiger partial charge on any atom is 0.330 e. The molecule has 0 saturated heterocycles. The molecular weight excluding hydrogens is 118 g/mol. The van der Waals surface area contributed by atoms with Gasteiger partial charge in [-0.3, -0.25) is 4.79 Å². The average Bonchev–Trinajstić information content (AvgIpc) is 1.67. The van der Waals surface area contributed by atoms with Gasteiger partial charge in [-0.25, -0.2) is 0 Å². The first-order valence-corrected chi connectivity index (χ1v) is 1.80. The van der Waals surface area contributed by atoms with Crippen molar-refractivity contribution in [3.63, 3.8) is 0 Å². The number of halogens is 2. The molecule has 0 aromatic heterocycles. The molecule has 8 heavy (non-hydrogen) atoms. The molecule has 0 bridgehead atoms. The Morgan fingerprint density at radius 3 is 2.25 bits per heavy atom. The van der Waals surface area contributed by atoms with Crippen LogP contribution < -0.4 is 0 Å². The van der Waals surface area contributed by atoms with Gasteiger partial charge in [-0.2, -0.15) is 13.9 Å². The third-order valence-corrected chi connectivity index (χ3v) is 0.385. The Morgan fingerprint density at radius 1 is 1.62 bits per heavy atom. The second kappa shape index (κ2) is 3.17. The molecule has 0 atom stereocenters. The molecule has 0 aliphatic heterocycles. The lowest BCUT2D eigenvalue weighted by Gasteiger charge is -1.84. The molecule has 3 nitrogen and oxygen atoms in total. The van der Waals surface area contributed by atoms with Crippen LogP contribution in [0.1, 0.15) is 0 Å². The van der Waals surface area contributed by atoms with Crippen LogP contribution in [0, 0.1) is 0 Å². The third kappa shape index (κ3) is 2.33. The van der Waals surface area contributed by atoms with Crippen LogP contribution in [0.2, 0.25) is 0 Å². The zero-order valence-electron chi connectivity index (χ0n) is 4.14. The second-order valence-corrected chi connectivity index (χ2v) is 0.939. The van der Waals surface area contributed by atoms with Crippen molar-refractivity contribution in [1.82, 2.24) is 0 Å². The van der Waals surface area contributed by atoms with E-state index in [1.54, 1.807) is 0 Å². The maximum atomic E-state index is 11.1. The lowest BCUT2D eigenvalue weighted by molar-refractivity contribution is -0.128. The molecule has 0 heterocycles. The predicted molar refractivity (Wildman–Crippen MR) is 21.8 cm³/mol. The van der Waals surface area contributed by atoms with Gasteiger partial charge in [0.1, 0.15) is 0 Å². The fraction of sp³-hybridized carbons (Fsp3) is 0.667. The van der Waals surface area contributed by atoms with E-state index in [2.05, 4.69) is 10.2 Å². The van der Waals surface area contributed by atoms with Gasteiger partial charge >= 0.3 is 12.3 Å². The smallest absolute Gasteiger partial charge is 0.264 e. The van der Waals surface area contributed by atoms with Crippen LogP contribution in [-0.2, 0) is 4.79 Å². The molecule has 0 spiro atoms. The molecule has 0 aliphatic carbocycles. The predicted octanol–water partition coefficient (Wildman–Crippen LogP) is 0.860. The van der Waals surface area contributed by atoms with Gasteiger partial charge < -0.3 is 0 Å². The monoisotopic (exact) mass is 122 g/mol. The van der Waals surface area contributed by atoms with Gasteiger partial charge in [-0.15, -0.1) is 5.11 Å². The highest BCUT2D eigenvalue weighted by atomic mass is 19.3. The molecule has 1 amide bonds. The first-order chi connectivity index (χ1) is 3.68. The standard InChI is InChI=1S/C3H4F2N2O/c1-6-7-3(8)2(4)5/h2H,1H3. The van der Waals surface area contributed by atoms with Crippen LogP contribution in [0.4, 0.5) is 8.78 Å². The van der Waals surface area contributed by atoms with Crippen molar-refractivity contribution >= 4 is 5.91 Å². The highest BCUT2D eigenvalue weighted by molar-refractivity contribution is 5.79. The summed E-state index contributed by atoms with van der Waals surface area (Å²) in [6.07, 6.45) is -3.03. The van der Waals surface area contributed by atoms with Crippen LogP contribution in [0.15, 0.2) is 10.2 Å². The first-order valence-electron chi connectivity index (χ1n) is 1.80. The van der Waals surface area contributed by atoms with Gasteiger partial charge in [0.05, 0.1) is 0 Å². The van der Waals surface area contributed by atoms with E-state index < -0.39 is 12.3 Å². The van der Waals surface area contributed by atoms with Crippen molar-refractivity contribution in [3.05, 3.63) is 0 Å². The Bertz CT molecular complexity index is 112.